The van der Waals surface area contributed by atoms with Crippen LogP contribution in [0.5, 0.6) is 0 Å². The lowest BCUT2D eigenvalue weighted by molar-refractivity contribution is -0.0317. The summed E-state index contributed by atoms with van der Waals surface area (Å²) in [5, 5.41) is 17.0. The minimum atomic E-state index is -4.83. The average molecular weight is 331 g/mol. The van der Waals surface area contributed by atoms with Gasteiger partial charge in [0.2, 0.25) is 0 Å². The van der Waals surface area contributed by atoms with Crippen molar-refractivity contribution in [3.63, 3.8) is 0 Å². The molecule has 2 atom stereocenters. The molecule has 3 rings (SSSR count). The van der Waals surface area contributed by atoms with Gasteiger partial charge in [0.25, 0.3) is 0 Å². The molecule has 3 heterocycles. The molecule has 0 spiro atoms. The zero-order chi connectivity index (χ0) is 16.1. The highest BCUT2D eigenvalue weighted by Gasteiger charge is 2.50. The molecule has 120 valence electrons. The summed E-state index contributed by atoms with van der Waals surface area (Å²) in [6, 6.07) is -1.96. The molecule has 2 bridgehead atoms. The molecule has 0 saturated carbocycles. The van der Waals surface area contributed by atoms with E-state index in [9.17, 15) is 13.2 Å². The van der Waals surface area contributed by atoms with Crippen molar-refractivity contribution in [2.75, 3.05) is 13.1 Å². The Kier molecular flexibility index (Phi) is 3.19. The zero-order valence-electron chi connectivity index (χ0n) is 11.1. The van der Waals surface area contributed by atoms with Crippen molar-refractivity contribution < 1.29 is 22.0 Å². The number of nitrogens with one attached hydrogen (secondary N) is 3. The number of hydrogen-bond acceptors (Lipinski definition) is 6. The minimum absolute atomic E-state index is 0.142. The normalized spacial score (nSPS) is 23.6. The predicted molar refractivity (Wildman–Crippen MR) is 70.6 cm³/mol. The maximum absolute atomic E-state index is 12.3. The van der Waals surface area contributed by atoms with E-state index >= 15 is 0 Å². The molecule has 0 aromatic carbocycles. The van der Waals surface area contributed by atoms with Crippen molar-refractivity contribution in [3.8, 4) is 0 Å². The van der Waals surface area contributed by atoms with E-state index in [2.05, 4.69) is 19.8 Å². The number of carbonyl (C=O) groups is 1. The lowest BCUT2D eigenvalue weighted by Crippen LogP contribution is -2.43. The van der Waals surface area contributed by atoms with Crippen LogP contribution in [0.15, 0.2) is 6.20 Å². The van der Waals surface area contributed by atoms with Crippen LogP contribution in [0.4, 0.5) is 4.79 Å². The summed E-state index contributed by atoms with van der Waals surface area (Å²) in [7, 11) is -4.83. The fourth-order valence-corrected chi connectivity index (χ4v) is 3.05. The number of aromatic nitrogens is 2. The van der Waals surface area contributed by atoms with Gasteiger partial charge in [-0.05, 0) is 0 Å². The fourth-order valence-electron chi connectivity index (χ4n) is 2.68. The Bertz CT molecular complexity index is 730. The van der Waals surface area contributed by atoms with Gasteiger partial charge in [-0.3, -0.25) is 15.1 Å². The summed E-state index contributed by atoms with van der Waals surface area (Å²) < 4.78 is 35.0. The van der Waals surface area contributed by atoms with E-state index in [1.807, 2.05) is 0 Å². The van der Waals surface area contributed by atoms with Gasteiger partial charge in [-0.15, -0.1) is 4.28 Å². The van der Waals surface area contributed by atoms with E-state index in [0.717, 1.165) is 0 Å². The first-order valence-corrected chi connectivity index (χ1v) is 7.52. The minimum Gasteiger partial charge on any atom is -0.370 e. The van der Waals surface area contributed by atoms with Crippen molar-refractivity contribution in [2.45, 2.75) is 12.1 Å². The summed E-state index contributed by atoms with van der Waals surface area (Å²) in [5.74, 6) is -0.263. The Morgan fingerprint density at radius 3 is 3.05 bits per heavy atom. The largest absolute Gasteiger partial charge is 0.418 e. The van der Waals surface area contributed by atoms with Crippen LogP contribution in [0.25, 0.3) is 0 Å². The highest BCUT2D eigenvalue weighted by Crippen LogP contribution is 2.42. The number of nitrogens with zero attached hydrogens (tertiary/aromatic N) is 3. The molecular weight excluding hydrogens is 318 g/mol. The van der Waals surface area contributed by atoms with Gasteiger partial charge in [0.1, 0.15) is 6.04 Å². The van der Waals surface area contributed by atoms with Gasteiger partial charge >= 0.3 is 16.4 Å². The maximum atomic E-state index is 12.3. The molecule has 1 fully saturated rings. The summed E-state index contributed by atoms with van der Waals surface area (Å²) in [6.07, 6.45) is 1.46. The molecule has 2 aliphatic rings. The number of fused-ring (bicyclic) bond motifs is 4. The Hall–Kier alpha value is -2.38. The second-order valence-electron chi connectivity index (χ2n) is 4.83. The number of nitrogens with two attached hydrogens (primary N) is 1. The van der Waals surface area contributed by atoms with E-state index in [-0.39, 0.29) is 19.0 Å². The summed E-state index contributed by atoms with van der Waals surface area (Å²) in [5.41, 5.74) is 6.40. The Balaban J connectivity index is 1.94. The zero-order valence-corrected chi connectivity index (χ0v) is 11.9. The number of hydrogen-bond donors (Lipinski definition) is 5. The molecule has 0 aliphatic carbocycles. The van der Waals surface area contributed by atoms with Crippen LogP contribution in [0.3, 0.4) is 0 Å². The van der Waals surface area contributed by atoms with Gasteiger partial charge in [-0.1, -0.05) is 0 Å². The molecule has 12 nitrogen and oxygen atoms in total. The van der Waals surface area contributed by atoms with Gasteiger partial charge in [0.05, 0.1) is 24.5 Å². The van der Waals surface area contributed by atoms with E-state index in [4.69, 9.17) is 15.7 Å². The number of amides is 2. The van der Waals surface area contributed by atoms with Gasteiger partial charge < -0.3 is 16.0 Å². The molecule has 0 radical (unpaired) electrons. The molecule has 2 aliphatic heterocycles. The quantitative estimate of drug-likeness (QED) is 0.250. The van der Waals surface area contributed by atoms with Crippen molar-refractivity contribution >= 4 is 22.4 Å². The monoisotopic (exact) mass is 331 g/mol. The lowest BCUT2D eigenvalue weighted by Gasteiger charge is -2.30. The van der Waals surface area contributed by atoms with Crippen LogP contribution >= 0.6 is 0 Å². The van der Waals surface area contributed by atoms with Crippen molar-refractivity contribution in [2.24, 2.45) is 5.73 Å². The standard InChI is InChI=1S/C9H13N7O5S/c10-8(11)12-2-5-7-4(1-13-14-7)6-3-15(5)9(17)16(6)21-22(18,19)20/h1,5-6H,2-3H2,(H,13,14)(H4,10,11,12)(H,18,19,20)/t5?,6-/m1/s1. The van der Waals surface area contributed by atoms with Crippen LogP contribution < -0.4 is 11.1 Å². The third-order valence-electron chi connectivity index (χ3n) is 3.52. The average Bonchev–Trinajstić information content (AvgIpc) is 2.97. The molecule has 22 heavy (non-hydrogen) atoms. The Labute approximate surface area is 124 Å². The Morgan fingerprint density at radius 1 is 1.68 bits per heavy atom. The second kappa shape index (κ2) is 4.82. The SMILES string of the molecule is N=C(N)NCC1c2[nH]ncc2[C@H]2CN1C(=O)N2OS(=O)(=O)O. The van der Waals surface area contributed by atoms with Gasteiger partial charge in [-0.2, -0.15) is 18.6 Å². The molecule has 6 N–H and O–H groups in total. The number of aromatic amines is 1. The van der Waals surface area contributed by atoms with Gasteiger partial charge in [0, 0.05) is 12.1 Å². The van der Waals surface area contributed by atoms with Crippen molar-refractivity contribution in [1.29, 1.82) is 5.41 Å². The van der Waals surface area contributed by atoms with Crippen LogP contribution in [-0.4, -0.2) is 58.2 Å². The maximum Gasteiger partial charge on any atom is 0.418 e. The van der Waals surface area contributed by atoms with Gasteiger partial charge in [0.15, 0.2) is 5.96 Å². The highest BCUT2D eigenvalue weighted by molar-refractivity contribution is 7.80. The first-order chi connectivity index (χ1) is 10.3. The van der Waals surface area contributed by atoms with E-state index < -0.39 is 28.5 Å². The summed E-state index contributed by atoms with van der Waals surface area (Å²) in [6.45, 7) is 0.299. The first-order valence-electron chi connectivity index (χ1n) is 6.16. The highest BCUT2D eigenvalue weighted by atomic mass is 32.3. The van der Waals surface area contributed by atoms with Crippen LogP contribution in [-0.2, 0) is 14.7 Å². The smallest absolute Gasteiger partial charge is 0.370 e. The number of hydroxylamine groups is 2. The first kappa shape index (κ1) is 14.6. The number of H-pyrrole nitrogens is 1. The molecule has 13 heteroatoms. The van der Waals surface area contributed by atoms with Crippen LogP contribution in [0, 0.1) is 5.41 Å². The lowest BCUT2D eigenvalue weighted by atomic mass is 9.98. The molecule has 2 amide bonds. The van der Waals surface area contributed by atoms with Crippen molar-refractivity contribution in [1.82, 2.24) is 25.5 Å². The number of carbonyl (C=O) groups excluding carboxylic acids is 1. The summed E-state index contributed by atoms with van der Waals surface area (Å²) >= 11 is 0. The molecule has 1 unspecified atom stereocenters. The van der Waals surface area contributed by atoms with E-state index in [0.29, 0.717) is 16.3 Å². The van der Waals surface area contributed by atoms with Crippen LogP contribution in [0.1, 0.15) is 23.3 Å². The summed E-state index contributed by atoms with van der Waals surface area (Å²) in [4.78, 5) is 13.6. The third-order valence-corrected chi connectivity index (χ3v) is 3.86. The van der Waals surface area contributed by atoms with E-state index in [1.165, 1.54) is 11.1 Å². The second-order valence-corrected chi connectivity index (χ2v) is 5.83. The number of guanidine groups is 1. The molecule has 1 aromatic heterocycles. The molecular formula is C9H13N7O5S. The third kappa shape index (κ3) is 2.34. The predicted octanol–water partition coefficient (Wildman–Crippen LogP) is -1.54. The topological polar surface area (TPSA) is 178 Å². The van der Waals surface area contributed by atoms with Crippen molar-refractivity contribution in [3.05, 3.63) is 17.5 Å². The van der Waals surface area contributed by atoms with Crippen LogP contribution in [0.2, 0.25) is 0 Å². The number of rotatable bonds is 4. The fraction of sp³-hybridized carbons (Fsp3) is 0.444. The van der Waals surface area contributed by atoms with Gasteiger partial charge in [-0.25, -0.2) is 4.79 Å². The molecule has 1 aromatic rings. The Morgan fingerprint density at radius 2 is 2.41 bits per heavy atom. The molecule has 1 saturated heterocycles. The van der Waals surface area contributed by atoms with E-state index in [1.54, 1.807) is 0 Å². The number of urea groups is 1.